The molecule has 4 heteroatoms. The maximum absolute atomic E-state index is 12.0. The molecule has 0 radical (unpaired) electrons. The second kappa shape index (κ2) is 4.41. The first-order valence-electron chi connectivity index (χ1n) is 6.98. The number of hydrogen-bond donors (Lipinski definition) is 0. The number of hydrogen-bond acceptors (Lipinski definition) is 2. The first-order valence-corrected chi connectivity index (χ1v) is 6.98. The standard InChI is InChI=1S/C14H21N3O/c1-10(2)13-15-6-7-17(13)12-8-16(9-12)14(18)11-4-3-5-11/h6-7,10-12H,3-5,8-9H2,1-2H3. The summed E-state index contributed by atoms with van der Waals surface area (Å²) in [6.07, 6.45) is 7.34. The van der Waals surface area contributed by atoms with Gasteiger partial charge in [0.05, 0.1) is 6.04 Å². The molecule has 1 saturated heterocycles. The Morgan fingerprint density at radius 1 is 1.39 bits per heavy atom. The summed E-state index contributed by atoms with van der Waals surface area (Å²) in [5.74, 6) is 2.29. The molecule has 1 aliphatic heterocycles. The highest BCUT2D eigenvalue weighted by molar-refractivity contribution is 5.80. The Kier molecular flexibility index (Phi) is 2.88. The van der Waals surface area contributed by atoms with E-state index < -0.39 is 0 Å². The zero-order valence-electron chi connectivity index (χ0n) is 11.2. The first-order chi connectivity index (χ1) is 8.66. The van der Waals surface area contributed by atoms with E-state index in [4.69, 9.17) is 0 Å². The number of likely N-dealkylation sites (tertiary alicyclic amines) is 1. The van der Waals surface area contributed by atoms with Gasteiger partial charge in [0.25, 0.3) is 0 Å². The number of nitrogens with zero attached hydrogens (tertiary/aromatic N) is 3. The first kappa shape index (κ1) is 11.8. The lowest BCUT2D eigenvalue weighted by Crippen LogP contribution is -2.53. The molecule has 0 bridgehead atoms. The molecular formula is C14H21N3O. The minimum Gasteiger partial charge on any atom is -0.338 e. The topological polar surface area (TPSA) is 38.1 Å². The van der Waals surface area contributed by atoms with Gasteiger partial charge in [0.1, 0.15) is 5.82 Å². The lowest BCUT2D eigenvalue weighted by atomic mass is 9.83. The van der Waals surface area contributed by atoms with Crippen molar-refractivity contribution in [1.82, 2.24) is 14.5 Å². The Balaban J connectivity index is 1.61. The van der Waals surface area contributed by atoms with Gasteiger partial charge in [-0.2, -0.15) is 0 Å². The van der Waals surface area contributed by atoms with Crippen LogP contribution in [0.2, 0.25) is 0 Å². The van der Waals surface area contributed by atoms with E-state index in [1.54, 1.807) is 0 Å². The molecule has 1 aromatic heterocycles. The average Bonchev–Trinajstić information content (AvgIpc) is 2.61. The van der Waals surface area contributed by atoms with Crippen molar-refractivity contribution in [1.29, 1.82) is 0 Å². The molecule has 1 saturated carbocycles. The molecule has 2 heterocycles. The van der Waals surface area contributed by atoms with Crippen LogP contribution in [0.3, 0.4) is 0 Å². The van der Waals surface area contributed by atoms with Crippen molar-refractivity contribution in [3.05, 3.63) is 18.2 Å². The van der Waals surface area contributed by atoms with Crippen molar-refractivity contribution in [2.24, 2.45) is 5.92 Å². The maximum Gasteiger partial charge on any atom is 0.225 e. The van der Waals surface area contributed by atoms with Crippen molar-refractivity contribution < 1.29 is 4.79 Å². The van der Waals surface area contributed by atoms with E-state index in [1.807, 2.05) is 17.3 Å². The molecule has 1 aliphatic carbocycles. The predicted molar refractivity (Wildman–Crippen MR) is 69.3 cm³/mol. The number of imidazole rings is 1. The maximum atomic E-state index is 12.0. The van der Waals surface area contributed by atoms with E-state index in [1.165, 1.54) is 6.42 Å². The minimum atomic E-state index is 0.332. The van der Waals surface area contributed by atoms with Crippen LogP contribution in [-0.4, -0.2) is 33.4 Å². The van der Waals surface area contributed by atoms with Gasteiger partial charge in [-0.15, -0.1) is 0 Å². The lowest BCUT2D eigenvalue weighted by molar-refractivity contribution is -0.144. The van der Waals surface area contributed by atoms with Crippen LogP contribution in [0.1, 0.15) is 50.9 Å². The highest BCUT2D eigenvalue weighted by atomic mass is 16.2. The summed E-state index contributed by atoms with van der Waals surface area (Å²) < 4.78 is 2.25. The van der Waals surface area contributed by atoms with Gasteiger partial charge in [0, 0.05) is 37.3 Å². The number of rotatable bonds is 3. The van der Waals surface area contributed by atoms with Crippen molar-refractivity contribution in [3.63, 3.8) is 0 Å². The van der Waals surface area contributed by atoms with Crippen LogP contribution in [0.25, 0.3) is 0 Å². The second-order valence-corrected chi connectivity index (χ2v) is 5.87. The largest absolute Gasteiger partial charge is 0.338 e. The third-order valence-corrected chi connectivity index (χ3v) is 4.24. The predicted octanol–water partition coefficient (Wildman–Crippen LogP) is 2.19. The van der Waals surface area contributed by atoms with Gasteiger partial charge in [-0.3, -0.25) is 4.79 Å². The Bertz CT molecular complexity index is 442. The van der Waals surface area contributed by atoms with Crippen molar-refractivity contribution in [3.8, 4) is 0 Å². The van der Waals surface area contributed by atoms with Crippen LogP contribution < -0.4 is 0 Å². The van der Waals surface area contributed by atoms with Gasteiger partial charge >= 0.3 is 0 Å². The summed E-state index contributed by atoms with van der Waals surface area (Å²) in [5.41, 5.74) is 0. The van der Waals surface area contributed by atoms with Crippen molar-refractivity contribution in [2.45, 2.75) is 45.1 Å². The van der Waals surface area contributed by atoms with E-state index in [-0.39, 0.29) is 0 Å². The number of amides is 1. The van der Waals surface area contributed by atoms with Gasteiger partial charge in [-0.05, 0) is 12.8 Å². The van der Waals surface area contributed by atoms with Crippen molar-refractivity contribution in [2.75, 3.05) is 13.1 Å². The zero-order valence-corrected chi connectivity index (χ0v) is 11.2. The summed E-state index contributed by atoms with van der Waals surface area (Å²) in [5, 5.41) is 0. The zero-order chi connectivity index (χ0) is 12.7. The third-order valence-electron chi connectivity index (χ3n) is 4.24. The summed E-state index contributed by atoms with van der Waals surface area (Å²) in [7, 11) is 0. The molecule has 0 N–H and O–H groups in total. The summed E-state index contributed by atoms with van der Waals surface area (Å²) in [6.45, 7) is 6.06. The lowest BCUT2D eigenvalue weighted by Gasteiger charge is -2.43. The quantitative estimate of drug-likeness (QED) is 0.821. The van der Waals surface area contributed by atoms with Gasteiger partial charge in [-0.1, -0.05) is 20.3 Å². The minimum absolute atomic E-state index is 0.332. The van der Waals surface area contributed by atoms with Gasteiger partial charge in [0.15, 0.2) is 0 Å². The van der Waals surface area contributed by atoms with Gasteiger partial charge in [0.2, 0.25) is 5.91 Å². The SMILES string of the molecule is CC(C)c1nccn1C1CN(C(=O)C2CCC2)C1. The second-order valence-electron chi connectivity index (χ2n) is 5.87. The van der Waals surface area contributed by atoms with E-state index >= 15 is 0 Å². The summed E-state index contributed by atoms with van der Waals surface area (Å²) in [6, 6.07) is 0.439. The van der Waals surface area contributed by atoms with E-state index in [9.17, 15) is 4.79 Å². The number of aromatic nitrogens is 2. The van der Waals surface area contributed by atoms with Crippen LogP contribution in [0.4, 0.5) is 0 Å². The molecular weight excluding hydrogens is 226 g/mol. The Labute approximate surface area is 108 Å². The molecule has 0 aromatic carbocycles. The number of carbonyl (C=O) groups excluding carboxylic acids is 1. The Morgan fingerprint density at radius 3 is 2.67 bits per heavy atom. The molecule has 0 unspecified atom stereocenters. The van der Waals surface area contributed by atoms with Crippen LogP contribution in [-0.2, 0) is 4.79 Å². The number of carbonyl (C=O) groups is 1. The molecule has 1 aromatic rings. The molecule has 98 valence electrons. The van der Waals surface area contributed by atoms with E-state index in [2.05, 4.69) is 23.4 Å². The molecule has 3 rings (SSSR count). The van der Waals surface area contributed by atoms with Crippen LogP contribution in [0.5, 0.6) is 0 Å². The smallest absolute Gasteiger partial charge is 0.225 e. The molecule has 2 fully saturated rings. The summed E-state index contributed by atoms with van der Waals surface area (Å²) >= 11 is 0. The van der Waals surface area contributed by atoms with Crippen LogP contribution in [0.15, 0.2) is 12.4 Å². The van der Waals surface area contributed by atoms with Crippen LogP contribution in [0, 0.1) is 5.92 Å². The Morgan fingerprint density at radius 2 is 2.11 bits per heavy atom. The van der Waals surface area contributed by atoms with E-state index in [0.29, 0.717) is 23.8 Å². The molecule has 1 amide bonds. The highest BCUT2D eigenvalue weighted by Gasteiger charge is 2.37. The molecule has 18 heavy (non-hydrogen) atoms. The van der Waals surface area contributed by atoms with Gasteiger partial charge < -0.3 is 9.47 Å². The Hall–Kier alpha value is -1.32. The van der Waals surface area contributed by atoms with Gasteiger partial charge in [-0.25, -0.2) is 4.98 Å². The fourth-order valence-corrected chi connectivity index (χ4v) is 2.81. The van der Waals surface area contributed by atoms with E-state index in [0.717, 1.165) is 31.8 Å². The van der Waals surface area contributed by atoms with Crippen LogP contribution >= 0.6 is 0 Å². The fraction of sp³-hybridized carbons (Fsp3) is 0.714. The molecule has 2 aliphatic rings. The third kappa shape index (κ3) is 1.84. The summed E-state index contributed by atoms with van der Waals surface area (Å²) in [4.78, 5) is 18.5. The molecule has 0 atom stereocenters. The molecule has 0 spiro atoms. The fourth-order valence-electron chi connectivity index (χ4n) is 2.81. The monoisotopic (exact) mass is 247 g/mol. The highest BCUT2D eigenvalue weighted by Crippen LogP contribution is 2.32. The molecule has 4 nitrogen and oxygen atoms in total. The normalized spacial score (nSPS) is 20.9. The van der Waals surface area contributed by atoms with Crippen molar-refractivity contribution >= 4 is 5.91 Å². The average molecular weight is 247 g/mol.